The van der Waals surface area contributed by atoms with Gasteiger partial charge >= 0.3 is 0 Å². The van der Waals surface area contributed by atoms with Crippen LogP contribution in [-0.2, 0) is 5.41 Å². The van der Waals surface area contributed by atoms with Gasteiger partial charge in [0.1, 0.15) is 5.82 Å². The molecule has 2 atom stereocenters. The normalized spacial score (nSPS) is 30.5. The predicted octanol–water partition coefficient (Wildman–Crippen LogP) is 3.12. The van der Waals surface area contributed by atoms with Gasteiger partial charge in [0.2, 0.25) is 0 Å². The Hall–Kier alpha value is -0.310. The molecule has 76 valence electrons. The van der Waals surface area contributed by atoms with Crippen LogP contribution < -0.4 is 5.73 Å². The fourth-order valence-corrected chi connectivity index (χ4v) is 2.27. The van der Waals surface area contributed by atoms with Crippen molar-refractivity contribution in [2.24, 2.45) is 5.73 Å². The number of hydrogen-bond donors (Lipinski definition) is 1. The molecule has 0 saturated heterocycles. The zero-order valence-corrected chi connectivity index (χ0v) is 9.16. The van der Waals surface area contributed by atoms with E-state index in [-0.39, 0.29) is 16.5 Å². The predicted molar refractivity (Wildman–Crippen MR) is 56.4 cm³/mol. The molecular weight excluding hydrogens is 224 g/mol. The van der Waals surface area contributed by atoms with E-state index in [1.54, 1.807) is 0 Å². The number of benzene rings is 1. The van der Waals surface area contributed by atoms with E-state index in [9.17, 15) is 4.39 Å². The second-order valence-electron chi connectivity index (χ2n) is 3.97. The number of rotatable bonds is 1. The molecule has 1 aromatic rings. The Morgan fingerprint density at radius 2 is 2.00 bits per heavy atom. The molecule has 2 rings (SSSR count). The highest BCUT2D eigenvalue weighted by Gasteiger charge is 2.50. The summed E-state index contributed by atoms with van der Waals surface area (Å²) in [4.78, 5) is 0. The summed E-state index contributed by atoms with van der Waals surface area (Å²) in [6.45, 7) is 1.98. The lowest BCUT2D eigenvalue weighted by molar-refractivity contribution is 0.619. The molecule has 2 N–H and O–H groups in total. The standard InChI is InChI=1S/C10H10Cl2FN/c1-10(4-9(10)14)5-2-8(13)7(12)3-6(5)11/h2-3,9H,4,14H2,1H3. The highest BCUT2D eigenvalue weighted by molar-refractivity contribution is 6.35. The Morgan fingerprint density at radius 3 is 2.50 bits per heavy atom. The highest BCUT2D eigenvalue weighted by Crippen LogP contribution is 2.49. The van der Waals surface area contributed by atoms with Crippen LogP contribution in [0.4, 0.5) is 4.39 Å². The van der Waals surface area contributed by atoms with Crippen LogP contribution in [0.3, 0.4) is 0 Å². The zero-order valence-electron chi connectivity index (χ0n) is 7.65. The Kier molecular flexibility index (Phi) is 2.25. The summed E-state index contributed by atoms with van der Waals surface area (Å²) in [5, 5.41) is 0.545. The smallest absolute Gasteiger partial charge is 0.142 e. The van der Waals surface area contributed by atoms with Gasteiger partial charge in [-0.25, -0.2) is 4.39 Å². The Morgan fingerprint density at radius 1 is 1.43 bits per heavy atom. The minimum Gasteiger partial charge on any atom is -0.327 e. The SMILES string of the molecule is CC1(c2cc(F)c(Cl)cc2Cl)CC1N. The molecule has 1 nitrogen and oxygen atoms in total. The summed E-state index contributed by atoms with van der Waals surface area (Å²) in [5.41, 5.74) is 6.36. The van der Waals surface area contributed by atoms with Crippen molar-refractivity contribution in [1.82, 2.24) is 0 Å². The maximum Gasteiger partial charge on any atom is 0.142 e. The van der Waals surface area contributed by atoms with Crippen LogP contribution in [0.2, 0.25) is 10.0 Å². The van der Waals surface area contributed by atoms with Gasteiger partial charge in [-0.3, -0.25) is 0 Å². The molecule has 0 aromatic heterocycles. The molecule has 4 heteroatoms. The van der Waals surface area contributed by atoms with Crippen molar-refractivity contribution in [3.63, 3.8) is 0 Å². The fourth-order valence-electron chi connectivity index (χ4n) is 1.67. The van der Waals surface area contributed by atoms with Crippen LogP contribution in [0.25, 0.3) is 0 Å². The van der Waals surface area contributed by atoms with E-state index < -0.39 is 5.82 Å². The number of halogens is 3. The monoisotopic (exact) mass is 233 g/mol. The molecule has 2 unspecified atom stereocenters. The van der Waals surface area contributed by atoms with Crippen LogP contribution in [0.5, 0.6) is 0 Å². The van der Waals surface area contributed by atoms with Gasteiger partial charge in [-0.15, -0.1) is 0 Å². The lowest BCUT2D eigenvalue weighted by Gasteiger charge is -2.13. The molecule has 1 aliphatic carbocycles. The van der Waals surface area contributed by atoms with Crippen LogP contribution in [0.1, 0.15) is 18.9 Å². The van der Waals surface area contributed by atoms with Crippen molar-refractivity contribution >= 4 is 23.2 Å². The summed E-state index contributed by atoms with van der Waals surface area (Å²) in [7, 11) is 0. The molecule has 0 heterocycles. The van der Waals surface area contributed by atoms with E-state index in [1.807, 2.05) is 6.92 Å². The molecule has 1 aliphatic rings. The summed E-state index contributed by atoms with van der Waals surface area (Å²) >= 11 is 11.6. The molecule has 1 fully saturated rings. The first kappa shape index (κ1) is 10.2. The second-order valence-corrected chi connectivity index (χ2v) is 4.79. The van der Waals surface area contributed by atoms with Gasteiger partial charge in [0.25, 0.3) is 0 Å². The van der Waals surface area contributed by atoms with Crippen LogP contribution in [-0.4, -0.2) is 6.04 Å². The first-order chi connectivity index (χ1) is 6.45. The van der Waals surface area contributed by atoms with Gasteiger partial charge in [0.15, 0.2) is 0 Å². The molecule has 0 amide bonds. The molecular formula is C10H10Cl2FN. The van der Waals surface area contributed by atoms with Crippen molar-refractivity contribution in [1.29, 1.82) is 0 Å². The van der Waals surface area contributed by atoms with E-state index in [4.69, 9.17) is 28.9 Å². The van der Waals surface area contributed by atoms with E-state index in [2.05, 4.69) is 0 Å². The molecule has 0 radical (unpaired) electrons. The van der Waals surface area contributed by atoms with E-state index in [1.165, 1.54) is 12.1 Å². The van der Waals surface area contributed by atoms with Gasteiger partial charge < -0.3 is 5.73 Å². The Balaban J connectivity index is 2.50. The average molecular weight is 234 g/mol. The topological polar surface area (TPSA) is 26.0 Å². The lowest BCUT2D eigenvalue weighted by Crippen LogP contribution is -2.15. The summed E-state index contributed by atoms with van der Waals surface area (Å²) < 4.78 is 13.2. The molecule has 0 spiro atoms. The molecule has 1 aromatic carbocycles. The third-order valence-corrected chi connectivity index (χ3v) is 3.53. The Labute approximate surface area is 92.0 Å². The fraction of sp³-hybridized carbons (Fsp3) is 0.400. The van der Waals surface area contributed by atoms with Crippen molar-refractivity contribution in [3.05, 3.63) is 33.6 Å². The maximum atomic E-state index is 13.2. The third kappa shape index (κ3) is 1.42. The third-order valence-electron chi connectivity index (χ3n) is 2.93. The van der Waals surface area contributed by atoms with Gasteiger partial charge in [0.05, 0.1) is 5.02 Å². The van der Waals surface area contributed by atoms with Crippen molar-refractivity contribution in [3.8, 4) is 0 Å². The minimum atomic E-state index is -0.439. The van der Waals surface area contributed by atoms with E-state index in [0.29, 0.717) is 5.02 Å². The highest BCUT2D eigenvalue weighted by atomic mass is 35.5. The second kappa shape index (κ2) is 3.09. The van der Waals surface area contributed by atoms with Gasteiger partial charge in [0, 0.05) is 16.5 Å². The quantitative estimate of drug-likeness (QED) is 0.742. The number of nitrogens with two attached hydrogens (primary N) is 1. The van der Waals surface area contributed by atoms with Crippen molar-refractivity contribution < 1.29 is 4.39 Å². The largest absolute Gasteiger partial charge is 0.327 e. The van der Waals surface area contributed by atoms with Crippen LogP contribution in [0, 0.1) is 5.82 Å². The van der Waals surface area contributed by atoms with Crippen LogP contribution in [0.15, 0.2) is 12.1 Å². The first-order valence-corrected chi connectivity index (χ1v) is 5.11. The average Bonchev–Trinajstić information content (AvgIpc) is 2.68. The van der Waals surface area contributed by atoms with Gasteiger partial charge in [-0.1, -0.05) is 30.1 Å². The van der Waals surface area contributed by atoms with Crippen molar-refractivity contribution in [2.75, 3.05) is 0 Å². The van der Waals surface area contributed by atoms with Crippen LogP contribution >= 0.6 is 23.2 Å². The zero-order chi connectivity index (χ0) is 10.5. The van der Waals surface area contributed by atoms with Gasteiger partial charge in [-0.05, 0) is 24.1 Å². The van der Waals surface area contributed by atoms with E-state index >= 15 is 0 Å². The van der Waals surface area contributed by atoms with E-state index in [0.717, 1.165) is 12.0 Å². The molecule has 0 bridgehead atoms. The number of hydrogen-bond acceptors (Lipinski definition) is 1. The summed E-state index contributed by atoms with van der Waals surface area (Å²) in [6, 6.07) is 2.89. The van der Waals surface area contributed by atoms with Gasteiger partial charge in [-0.2, -0.15) is 0 Å². The molecule has 0 aliphatic heterocycles. The molecule has 1 saturated carbocycles. The minimum absolute atomic E-state index is 0.0524. The summed E-state index contributed by atoms with van der Waals surface area (Å²) in [6.07, 6.45) is 0.841. The summed E-state index contributed by atoms with van der Waals surface area (Å²) in [5.74, 6) is -0.439. The molecule has 14 heavy (non-hydrogen) atoms. The van der Waals surface area contributed by atoms with Crippen molar-refractivity contribution in [2.45, 2.75) is 24.8 Å². The maximum absolute atomic E-state index is 13.2. The first-order valence-electron chi connectivity index (χ1n) is 4.36. The Bertz CT molecular complexity index is 394. The lowest BCUT2D eigenvalue weighted by atomic mass is 9.97.